The molecule has 0 aliphatic rings. The molecule has 0 spiro atoms. The van der Waals surface area contributed by atoms with Crippen LogP contribution in [0.15, 0.2) is 0 Å². The quantitative estimate of drug-likeness (QED) is 0.364. The number of aliphatic hydroxyl groups is 2. The van der Waals surface area contributed by atoms with E-state index in [0.717, 1.165) is 0 Å². The molecule has 7 nitrogen and oxygen atoms in total. The van der Waals surface area contributed by atoms with Gasteiger partial charge in [-0.2, -0.15) is 0 Å². The summed E-state index contributed by atoms with van der Waals surface area (Å²) in [5.41, 5.74) is 0. The molecule has 0 aromatic heterocycles. The van der Waals surface area contributed by atoms with Crippen LogP contribution in [0.3, 0.4) is 0 Å². The number of aliphatic hydroxyl groups excluding tert-OH is 2. The van der Waals surface area contributed by atoms with Crippen molar-refractivity contribution in [3.63, 3.8) is 0 Å². The first-order valence-electron chi connectivity index (χ1n) is 4.36. The second-order valence-corrected chi connectivity index (χ2v) is 2.28. The summed E-state index contributed by atoms with van der Waals surface area (Å²) < 4.78 is 15.0. The lowest BCUT2D eigenvalue weighted by molar-refractivity contribution is 0.00230. The van der Waals surface area contributed by atoms with Crippen LogP contribution < -0.4 is 12.3 Å². The van der Waals surface area contributed by atoms with Gasteiger partial charge in [0.05, 0.1) is 52.9 Å². The molecule has 7 heteroatoms. The normalized spacial score (nSPS) is 9.20. The zero-order chi connectivity index (χ0) is 9.78. The molecule has 0 unspecified atom stereocenters. The van der Waals surface area contributed by atoms with Gasteiger partial charge in [-0.3, -0.25) is 0 Å². The van der Waals surface area contributed by atoms with Gasteiger partial charge in [-0.1, -0.05) is 0 Å². The first kappa shape index (κ1) is 20.2. The molecule has 0 heterocycles. The van der Waals surface area contributed by atoms with Crippen molar-refractivity contribution < 1.29 is 24.4 Å². The van der Waals surface area contributed by atoms with Crippen LogP contribution in [0.5, 0.6) is 0 Å². The van der Waals surface area contributed by atoms with E-state index in [1.807, 2.05) is 0 Å². The van der Waals surface area contributed by atoms with Crippen LogP contribution in [-0.4, -0.2) is 63.1 Å². The Labute approximate surface area is 90.5 Å². The van der Waals surface area contributed by atoms with Gasteiger partial charge in [0.1, 0.15) is 0 Å². The Morgan fingerprint density at radius 3 is 1.07 bits per heavy atom. The highest BCUT2D eigenvalue weighted by molar-refractivity contribution is 4.33. The number of hydrogen-bond acceptors (Lipinski definition) is 7. The summed E-state index contributed by atoms with van der Waals surface area (Å²) in [6.07, 6.45) is 0. The molecule has 0 aromatic rings. The second kappa shape index (κ2) is 19.3. The minimum atomic E-state index is 0. The van der Waals surface area contributed by atoms with E-state index in [1.165, 1.54) is 0 Å². The SMILES string of the molecule is N.N.OCCOCCOCCOCCO. The van der Waals surface area contributed by atoms with Crippen LogP contribution in [0, 0.1) is 0 Å². The van der Waals surface area contributed by atoms with E-state index >= 15 is 0 Å². The molecule has 0 aliphatic carbocycles. The molecule has 0 bridgehead atoms. The van der Waals surface area contributed by atoms with Crippen LogP contribution >= 0.6 is 0 Å². The third kappa shape index (κ3) is 19.9. The van der Waals surface area contributed by atoms with Gasteiger partial charge in [0.25, 0.3) is 0 Å². The summed E-state index contributed by atoms with van der Waals surface area (Å²) >= 11 is 0. The van der Waals surface area contributed by atoms with Gasteiger partial charge in [0.2, 0.25) is 0 Å². The van der Waals surface area contributed by atoms with E-state index in [9.17, 15) is 0 Å². The summed E-state index contributed by atoms with van der Waals surface area (Å²) in [5, 5.41) is 16.7. The van der Waals surface area contributed by atoms with Crippen LogP contribution in [0.1, 0.15) is 0 Å². The lowest BCUT2D eigenvalue weighted by Gasteiger charge is -2.04. The molecule has 0 saturated carbocycles. The summed E-state index contributed by atoms with van der Waals surface area (Å²) in [7, 11) is 0. The monoisotopic (exact) mass is 228 g/mol. The molecule has 8 N–H and O–H groups in total. The Kier molecular flexibility index (Phi) is 26.0. The summed E-state index contributed by atoms with van der Waals surface area (Å²) in [6.45, 7) is 2.76. The smallest absolute Gasteiger partial charge is 0.0701 e. The Morgan fingerprint density at radius 2 is 0.800 bits per heavy atom. The van der Waals surface area contributed by atoms with Crippen LogP contribution in [-0.2, 0) is 14.2 Å². The van der Waals surface area contributed by atoms with Gasteiger partial charge >= 0.3 is 0 Å². The van der Waals surface area contributed by atoms with Crippen molar-refractivity contribution in [2.75, 3.05) is 52.9 Å². The van der Waals surface area contributed by atoms with Gasteiger partial charge in [-0.15, -0.1) is 0 Å². The van der Waals surface area contributed by atoms with Gasteiger partial charge in [0, 0.05) is 0 Å². The molecule has 0 aromatic carbocycles. The van der Waals surface area contributed by atoms with Crippen molar-refractivity contribution in [3.8, 4) is 0 Å². The predicted octanol–water partition coefficient (Wildman–Crippen LogP) is -0.655. The maximum absolute atomic E-state index is 8.36. The first-order valence-corrected chi connectivity index (χ1v) is 4.36. The standard InChI is InChI=1S/C8H18O5.2H3N/c9-1-3-11-5-7-13-8-6-12-4-2-10;;/h9-10H,1-8H2;2*1H3. The molecule has 0 radical (unpaired) electrons. The zero-order valence-electron chi connectivity index (χ0n) is 9.19. The van der Waals surface area contributed by atoms with Gasteiger partial charge in [-0.05, 0) is 0 Å². The minimum Gasteiger partial charge on any atom is -0.394 e. The van der Waals surface area contributed by atoms with Crippen molar-refractivity contribution >= 4 is 0 Å². The molecular weight excluding hydrogens is 204 g/mol. The lowest BCUT2D eigenvalue weighted by atomic mass is 10.7. The lowest BCUT2D eigenvalue weighted by Crippen LogP contribution is -2.11. The third-order valence-corrected chi connectivity index (χ3v) is 1.22. The first-order chi connectivity index (χ1) is 6.41. The Morgan fingerprint density at radius 1 is 0.533 bits per heavy atom. The fraction of sp³-hybridized carbons (Fsp3) is 1.00. The van der Waals surface area contributed by atoms with E-state index in [2.05, 4.69) is 0 Å². The average Bonchev–Trinajstić information content (AvgIpc) is 2.16. The molecule has 0 saturated heterocycles. The fourth-order valence-electron chi connectivity index (χ4n) is 0.671. The van der Waals surface area contributed by atoms with Gasteiger partial charge < -0.3 is 36.7 Å². The molecule has 0 aliphatic heterocycles. The highest BCUT2D eigenvalue weighted by Crippen LogP contribution is 1.80. The predicted molar refractivity (Wildman–Crippen MR) is 56.7 cm³/mol. The molecule has 0 fully saturated rings. The van der Waals surface area contributed by atoms with Crippen LogP contribution in [0.4, 0.5) is 0 Å². The van der Waals surface area contributed by atoms with E-state index in [1.54, 1.807) is 0 Å². The van der Waals surface area contributed by atoms with Crippen molar-refractivity contribution in [2.45, 2.75) is 0 Å². The maximum atomic E-state index is 8.36. The fourth-order valence-corrected chi connectivity index (χ4v) is 0.671. The topological polar surface area (TPSA) is 138 Å². The van der Waals surface area contributed by atoms with Gasteiger partial charge in [-0.25, -0.2) is 0 Å². The van der Waals surface area contributed by atoms with Crippen molar-refractivity contribution in [1.29, 1.82) is 0 Å². The summed E-state index contributed by atoms with van der Waals surface area (Å²) in [5.74, 6) is 0. The highest BCUT2D eigenvalue weighted by atomic mass is 16.5. The minimum absolute atomic E-state index is 0. The molecule has 15 heavy (non-hydrogen) atoms. The number of rotatable bonds is 10. The van der Waals surface area contributed by atoms with Crippen molar-refractivity contribution in [1.82, 2.24) is 12.3 Å². The number of ether oxygens (including phenoxy) is 3. The van der Waals surface area contributed by atoms with Crippen LogP contribution in [0.2, 0.25) is 0 Å². The Hall–Kier alpha value is -0.280. The molecule has 0 atom stereocenters. The Balaban J connectivity index is -0.000000720. The summed E-state index contributed by atoms with van der Waals surface area (Å²) in [4.78, 5) is 0. The molecular formula is C8H24N2O5. The highest BCUT2D eigenvalue weighted by Gasteiger charge is 1.89. The molecule has 0 rings (SSSR count). The number of hydrogen-bond donors (Lipinski definition) is 4. The Bertz CT molecular complexity index is 87.1. The largest absolute Gasteiger partial charge is 0.394 e. The van der Waals surface area contributed by atoms with E-state index in [0.29, 0.717) is 39.6 Å². The van der Waals surface area contributed by atoms with Crippen LogP contribution in [0.25, 0.3) is 0 Å². The molecule has 96 valence electrons. The summed E-state index contributed by atoms with van der Waals surface area (Å²) in [6, 6.07) is 0. The van der Waals surface area contributed by atoms with Crippen molar-refractivity contribution in [3.05, 3.63) is 0 Å². The van der Waals surface area contributed by atoms with E-state index in [4.69, 9.17) is 24.4 Å². The van der Waals surface area contributed by atoms with Gasteiger partial charge in [0.15, 0.2) is 0 Å². The maximum Gasteiger partial charge on any atom is 0.0701 e. The average molecular weight is 228 g/mol. The van der Waals surface area contributed by atoms with Crippen molar-refractivity contribution in [2.24, 2.45) is 0 Å². The molecule has 0 amide bonds. The zero-order valence-corrected chi connectivity index (χ0v) is 9.19. The van der Waals surface area contributed by atoms with E-state index in [-0.39, 0.29) is 25.5 Å². The third-order valence-electron chi connectivity index (χ3n) is 1.22. The second-order valence-electron chi connectivity index (χ2n) is 2.28. The van der Waals surface area contributed by atoms with E-state index < -0.39 is 0 Å².